The molecule has 0 N–H and O–H groups in total. The van der Waals surface area contributed by atoms with Crippen molar-refractivity contribution in [2.45, 2.75) is 24.9 Å². The molecule has 1 aromatic heterocycles. The number of thioether (sulfide) groups is 1. The first-order chi connectivity index (χ1) is 9.99. The van der Waals surface area contributed by atoms with Gasteiger partial charge in [0.1, 0.15) is 0 Å². The van der Waals surface area contributed by atoms with Gasteiger partial charge in [-0.1, -0.05) is 37.7 Å². The molecule has 5 heteroatoms. The Bertz CT molecular complexity index is 602. The van der Waals surface area contributed by atoms with Crippen molar-refractivity contribution in [3.8, 4) is 5.69 Å². The number of carbonyl (C=O) groups is 1. The van der Waals surface area contributed by atoms with E-state index in [9.17, 15) is 4.79 Å². The standard InChI is InChI=1S/C16H21N3OS/c1-12(2)13-5-7-14(8-6-13)19-10-9-17-16(19)21-11-15(20)18(3)4/h5-10,12H,11H2,1-4H3. The smallest absolute Gasteiger partial charge is 0.232 e. The quantitative estimate of drug-likeness (QED) is 0.796. The molecule has 0 spiro atoms. The first-order valence-corrected chi connectivity index (χ1v) is 7.94. The molecule has 0 aliphatic heterocycles. The normalized spacial score (nSPS) is 10.9. The second-order valence-electron chi connectivity index (χ2n) is 5.40. The number of amides is 1. The van der Waals surface area contributed by atoms with Crippen LogP contribution < -0.4 is 0 Å². The molecule has 1 amide bonds. The molecule has 0 bridgehead atoms. The van der Waals surface area contributed by atoms with Crippen molar-refractivity contribution in [3.63, 3.8) is 0 Å². The minimum Gasteiger partial charge on any atom is -0.348 e. The van der Waals surface area contributed by atoms with Crippen LogP contribution in [0.1, 0.15) is 25.3 Å². The molecular weight excluding hydrogens is 282 g/mol. The number of aromatic nitrogens is 2. The highest BCUT2D eigenvalue weighted by molar-refractivity contribution is 7.99. The van der Waals surface area contributed by atoms with Crippen LogP contribution in [0, 0.1) is 0 Å². The van der Waals surface area contributed by atoms with E-state index in [-0.39, 0.29) is 5.91 Å². The van der Waals surface area contributed by atoms with Crippen molar-refractivity contribution in [2.24, 2.45) is 0 Å². The Labute approximate surface area is 130 Å². The van der Waals surface area contributed by atoms with E-state index in [0.29, 0.717) is 11.7 Å². The van der Waals surface area contributed by atoms with Crippen LogP contribution in [0.15, 0.2) is 41.8 Å². The van der Waals surface area contributed by atoms with E-state index >= 15 is 0 Å². The minimum absolute atomic E-state index is 0.0877. The summed E-state index contributed by atoms with van der Waals surface area (Å²) in [6.07, 6.45) is 3.69. The van der Waals surface area contributed by atoms with Crippen molar-refractivity contribution >= 4 is 17.7 Å². The Morgan fingerprint density at radius 3 is 2.52 bits per heavy atom. The van der Waals surface area contributed by atoms with Crippen LogP contribution >= 0.6 is 11.8 Å². The van der Waals surface area contributed by atoms with E-state index < -0.39 is 0 Å². The van der Waals surface area contributed by atoms with Crippen LogP contribution in [0.4, 0.5) is 0 Å². The lowest BCUT2D eigenvalue weighted by molar-refractivity contribution is -0.125. The van der Waals surface area contributed by atoms with Crippen molar-refractivity contribution in [1.29, 1.82) is 0 Å². The van der Waals surface area contributed by atoms with E-state index in [1.165, 1.54) is 17.3 Å². The van der Waals surface area contributed by atoms with Gasteiger partial charge in [0, 0.05) is 32.2 Å². The number of hydrogen-bond donors (Lipinski definition) is 0. The van der Waals surface area contributed by atoms with E-state index in [4.69, 9.17) is 0 Å². The molecule has 0 saturated carbocycles. The summed E-state index contributed by atoms with van der Waals surface area (Å²) >= 11 is 1.46. The largest absolute Gasteiger partial charge is 0.348 e. The summed E-state index contributed by atoms with van der Waals surface area (Å²) in [5, 5.41) is 0.836. The van der Waals surface area contributed by atoms with E-state index in [1.54, 1.807) is 25.2 Å². The summed E-state index contributed by atoms with van der Waals surface area (Å²) in [7, 11) is 3.53. The second kappa shape index (κ2) is 6.80. The van der Waals surface area contributed by atoms with Crippen LogP contribution in [0.3, 0.4) is 0 Å². The van der Waals surface area contributed by atoms with Crippen molar-refractivity contribution in [3.05, 3.63) is 42.2 Å². The molecule has 0 fully saturated rings. The van der Waals surface area contributed by atoms with E-state index in [1.807, 2.05) is 10.8 Å². The summed E-state index contributed by atoms with van der Waals surface area (Å²) < 4.78 is 2.01. The molecular formula is C16H21N3OS. The Morgan fingerprint density at radius 1 is 1.29 bits per heavy atom. The van der Waals surface area contributed by atoms with Gasteiger partial charge in [-0.3, -0.25) is 9.36 Å². The third-order valence-corrected chi connectivity index (χ3v) is 4.22. The van der Waals surface area contributed by atoms with Crippen molar-refractivity contribution in [1.82, 2.24) is 14.5 Å². The Hall–Kier alpha value is -1.75. The number of imidazole rings is 1. The van der Waals surface area contributed by atoms with Gasteiger partial charge in [0.15, 0.2) is 5.16 Å². The zero-order chi connectivity index (χ0) is 15.4. The fourth-order valence-electron chi connectivity index (χ4n) is 1.87. The maximum Gasteiger partial charge on any atom is 0.232 e. The van der Waals surface area contributed by atoms with E-state index in [0.717, 1.165) is 10.8 Å². The molecule has 0 radical (unpaired) electrons. The first kappa shape index (κ1) is 15.6. The predicted molar refractivity (Wildman–Crippen MR) is 87.1 cm³/mol. The monoisotopic (exact) mass is 303 g/mol. The molecule has 1 aromatic carbocycles. The van der Waals surface area contributed by atoms with Crippen molar-refractivity contribution < 1.29 is 4.79 Å². The lowest BCUT2D eigenvalue weighted by Crippen LogP contribution is -2.23. The minimum atomic E-state index is 0.0877. The summed E-state index contributed by atoms with van der Waals surface area (Å²) in [5.74, 6) is 1.01. The molecule has 0 aliphatic carbocycles. The van der Waals surface area contributed by atoms with Gasteiger partial charge in [-0.25, -0.2) is 4.98 Å². The summed E-state index contributed by atoms with van der Waals surface area (Å²) in [4.78, 5) is 17.6. The number of benzene rings is 1. The molecule has 2 rings (SSSR count). The lowest BCUT2D eigenvalue weighted by Gasteiger charge is -2.11. The number of hydrogen-bond acceptors (Lipinski definition) is 3. The van der Waals surface area contributed by atoms with Gasteiger partial charge in [0.05, 0.1) is 5.75 Å². The molecule has 21 heavy (non-hydrogen) atoms. The second-order valence-corrected chi connectivity index (χ2v) is 6.35. The predicted octanol–water partition coefficient (Wildman–Crippen LogP) is 3.18. The maximum atomic E-state index is 11.7. The molecule has 112 valence electrons. The molecule has 1 heterocycles. The Morgan fingerprint density at radius 2 is 1.95 bits per heavy atom. The zero-order valence-electron chi connectivity index (χ0n) is 12.9. The van der Waals surface area contributed by atoms with Gasteiger partial charge in [0.2, 0.25) is 5.91 Å². The van der Waals surface area contributed by atoms with Gasteiger partial charge in [-0.15, -0.1) is 0 Å². The molecule has 0 aliphatic rings. The SMILES string of the molecule is CC(C)c1ccc(-n2ccnc2SCC(=O)N(C)C)cc1. The summed E-state index contributed by atoms with van der Waals surface area (Å²) in [6.45, 7) is 4.36. The molecule has 4 nitrogen and oxygen atoms in total. The van der Waals surface area contributed by atoms with Gasteiger partial charge in [-0.05, 0) is 23.6 Å². The highest BCUT2D eigenvalue weighted by atomic mass is 32.2. The highest BCUT2D eigenvalue weighted by Crippen LogP contribution is 2.22. The van der Waals surface area contributed by atoms with Crippen LogP contribution in [-0.2, 0) is 4.79 Å². The van der Waals surface area contributed by atoms with Gasteiger partial charge < -0.3 is 4.90 Å². The summed E-state index contributed by atoms with van der Waals surface area (Å²) in [5.41, 5.74) is 2.38. The zero-order valence-corrected chi connectivity index (χ0v) is 13.7. The molecule has 0 saturated heterocycles. The van der Waals surface area contributed by atoms with Crippen LogP contribution in [0.5, 0.6) is 0 Å². The summed E-state index contributed by atoms with van der Waals surface area (Å²) in [6, 6.07) is 8.46. The lowest BCUT2D eigenvalue weighted by atomic mass is 10.0. The third-order valence-electron chi connectivity index (χ3n) is 3.27. The average molecular weight is 303 g/mol. The fourth-order valence-corrected chi connectivity index (χ4v) is 2.82. The molecule has 0 atom stereocenters. The first-order valence-electron chi connectivity index (χ1n) is 6.95. The van der Waals surface area contributed by atoms with Crippen molar-refractivity contribution in [2.75, 3.05) is 19.8 Å². The topological polar surface area (TPSA) is 38.1 Å². The fraction of sp³-hybridized carbons (Fsp3) is 0.375. The molecule has 2 aromatic rings. The van der Waals surface area contributed by atoms with Crippen LogP contribution in [0.2, 0.25) is 0 Å². The maximum absolute atomic E-state index is 11.7. The van der Waals surface area contributed by atoms with Crippen LogP contribution in [-0.4, -0.2) is 40.2 Å². The number of carbonyl (C=O) groups excluding carboxylic acids is 1. The number of rotatable bonds is 5. The van der Waals surface area contributed by atoms with E-state index in [2.05, 4.69) is 43.1 Å². The van der Waals surface area contributed by atoms with Crippen LogP contribution in [0.25, 0.3) is 5.69 Å². The Balaban J connectivity index is 2.14. The molecule has 0 unspecified atom stereocenters. The number of nitrogens with zero attached hydrogens (tertiary/aromatic N) is 3. The Kier molecular flexibility index (Phi) is 5.07. The third kappa shape index (κ3) is 3.88. The average Bonchev–Trinajstić information content (AvgIpc) is 2.93. The highest BCUT2D eigenvalue weighted by Gasteiger charge is 2.10. The van der Waals surface area contributed by atoms with Gasteiger partial charge in [0.25, 0.3) is 0 Å². The van der Waals surface area contributed by atoms with Gasteiger partial charge in [-0.2, -0.15) is 0 Å². The van der Waals surface area contributed by atoms with Gasteiger partial charge >= 0.3 is 0 Å².